The highest BCUT2D eigenvalue weighted by molar-refractivity contribution is 8.18. The average molecular weight is 477 g/mol. The normalized spacial score (nSPS) is 15.8. The monoisotopic (exact) mass is 476 g/mol. The SMILES string of the molecule is Cc1cccc(OC(C)C(=O)NCCN2C(=O)S/C(=C\c3ccc(OC(F)F)cc3)C2=O)c1. The number of benzene rings is 2. The van der Waals surface area contributed by atoms with Crippen LogP contribution in [0.4, 0.5) is 13.6 Å². The maximum absolute atomic E-state index is 12.6. The first kappa shape index (κ1) is 24.2. The number of amides is 3. The first-order valence-corrected chi connectivity index (χ1v) is 10.9. The molecule has 1 N–H and O–H groups in total. The van der Waals surface area contributed by atoms with Crippen molar-refractivity contribution < 1.29 is 32.6 Å². The Morgan fingerprint density at radius 1 is 1.12 bits per heavy atom. The number of hydrogen-bond acceptors (Lipinski definition) is 6. The fraction of sp³-hybridized carbons (Fsp3) is 0.261. The van der Waals surface area contributed by atoms with E-state index in [2.05, 4.69) is 10.1 Å². The van der Waals surface area contributed by atoms with Crippen molar-refractivity contribution in [1.82, 2.24) is 10.2 Å². The minimum Gasteiger partial charge on any atom is -0.481 e. The molecule has 7 nitrogen and oxygen atoms in total. The number of carbonyl (C=O) groups is 3. The van der Waals surface area contributed by atoms with Crippen molar-refractivity contribution in [3.8, 4) is 11.5 Å². The van der Waals surface area contributed by atoms with Crippen molar-refractivity contribution in [2.75, 3.05) is 13.1 Å². The number of thioether (sulfide) groups is 1. The Morgan fingerprint density at radius 3 is 2.52 bits per heavy atom. The summed E-state index contributed by atoms with van der Waals surface area (Å²) in [6.07, 6.45) is 0.742. The highest BCUT2D eigenvalue weighted by atomic mass is 32.2. The smallest absolute Gasteiger partial charge is 0.387 e. The summed E-state index contributed by atoms with van der Waals surface area (Å²) < 4.78 is 34.4. The van der Waals surface area contributed by atoms with E-state index < -0.39 is 23.9 Å². The molecule has 0 spiro atoms. The number of halogens is 2. The van der Waals surface area contributed by atoms with Crippen molar-refractivity contribution in [2.24, 2.45) is 0 Å². The summed E-state index contributed by atoms with van der Waals surface area (Å²) in [5.74, 6) is -0.296. The van der Waals surface area contributed by atoms with Gasteiger partial charge in [0.2, 0.25) is 0 Å². The Bertz CT molecular complexity index is 1060. The number of carbonyl (C=O) groups excluding carboxylic acids is 3. The third kappa shape index (κ3) is 6.79. The molecule has 174 valence electrons. The summed E-state index contributed by atoms with van der Waals surface area (Å²) in [6, 6.07) is 13.0. The minimum atomic E-state index is -2.93. The van der Waals surface area contributed by atoms with Crippen molar-refractivity contribution in [3.05, 3.63) is 64.6 Å². The van der Waals surface area contributed by atoms with E-state index in [-0.39, 0.29) is 29.7 Å². The van der Waals surface area contributed by atoms with Crippen LogP contribution >= 0.6 is 11.8 Å². The molecule has 1 saturated heterocycles. The molecular formula is C23H22F2N2O5S. The summed E-state index contributed by atoms with van der Waals surface area (Å²) >= 11 is 0.770. The van der Waals surface area contributed by atoms with Crippen LogP contribution in [0.3, 0.4) is 0 Å². The van der Waals surface area contributed by atoms with E-state index >= 15 is 0 Å². The zero-order valence-electron chi connectivity index (χ0n) is 17.9. The van der Waals surface area contributed by atoms with Gasteiger partial charge >= 0.3 is 6.61 Å². The lowest BCUT2D eigenvalue weighted by molar-refractivity contribution is -0.128. The highest BCUT2D eigenvalue weighted by Crippen LogP contribution is 2.32. The van der Waals surface area contributed by atoms with Gasteiger partial charge in [-0.05, 0) is 67.1 Å². The molecule has 0 aliphatic carbocycles. The first-order chi connectivity index (χ1) is 15.7. The largest absolute Gasteiger partial charge is 0.481 e. The van der Waals surface area contributed by atoms with E-state index in [1.165, 1.54) is 30.3 Å². The number of aryl methyl sites for hydroxylation is 1. The van der Waals surface area contributed by atoms with Crippen molar-refractivity contribution in [3.63, 3.8) is 0 Å². The lowest BCUT2D eigenvalue weighted by Crippen LogP contribution is -2.41. The van der Waals surface area contributed by atoms with Crippen LogP contribution in [-0.2, 0) is 9.59 Å². The summed E-state index contributed by atoms with van der Waals surface area (Å²) in [4.78, 5) is 38.3. The molecule has 1 atom stereocenters. The van der Waals surface area contributed by atoms with E-state index in [1.54, 1.807) is 13.0 Å². The van der Waals surface area contributed by atoms with E-state index in [0.717, 1.165) is 22.2 Å². The summed E-state index contributed by atoms with van der Waals surface area (Å²) in [5, 5.41) is 2.20. The number of alkyl halides is 2. The lowest BCUT2D eigenvalue weighted by Gasteiger charge is -2.17. The summed E-state index contributed by atoms with van der Waals surface area (Å²) in [5.41, 5.74) is 1.56. The second-order valence-corrected chi connectivity index (χ2v) is 8.14. The van der Waals surface area contributed by atoms with E-state index in [0.29, 0.717) is 11.3 Å². The van der Waals surface area contributed by atoms with Gasteiger partial charge in [0, 0.05) is 13.1 Å². The van der Waals surface area contributed by atoms with Crippen LogP contribution in [0.1, 0.15) is 18.1 Å². The summed E-state index contributed by atoms with van der Waals surface area (Å²) in [6.45, 7) is 0.680. The van der Waals surface area contributed by atoms with Gasteiger partial charge in [0.1, 0.15) is 11.5 Å². The van der Waals surface area contributed by atoms with Crippen molar-refractivity contribution >= 4 is 34.9 Å². The van der Waals surface area contributed by atoms with E-state index in [9.17, 15) is 23.2 Å². The zero-order valence-corrected chi connectivity index (χ0v) is 18.7. The van der Waals surface area contributed by atoms with Crippen LogP contribution in [0.25, 0.3) is 6.08 Å². The van der Waals surface area contributed by atoms with Crippen LogP contribution in [0, 0.1) is 6.92 Å². The second-order valence-electron chi connectivity index (χ2n) is 7.15. The predicted octanol–water partition coefficient (Wildman–Crippen LogP) is 4.22. The fourth-order valence-electron chi connectivity index (χ4n) is 2.97. The molecule has 2 aromatic rings. The highest BCUT2D eigenvalue weighted by Gasteiger charge is 2.34. The quantitative estimate of drug-likeness (QED) is 0.546. The number of nitrogens with zero attached hydrogens (tertiary/aromatic N) is 1. The number of hydrogen-bond donors (Lipinski definition) is 1. The molecule has 1 aliphatic rings. The Morgan fingerprint density at radius 2 is 1.85 bits per heavy atom. The molecule has 1 aliphatic heterocycles. The number of nitrogens with one attached hydrogen (secondary N) is 1. The molecule has 1 fully saturated rings. The van der Waals surface area contributed by atoms with Crippen LogP contribution in [0.15, 0.2) is 53.4 Å². The summed E-state index contributed by atoms with van der Waals surface area (Å²) in [7, 11) is 0. The Kier molecular flexibility index (Phi) is 8.05. The van der Waals surface area contributed by atoms with Gasteiger partial charge < -0.3 is 14.8 Å². The molecule has 3 rings (SSSR count). The number of imide groups is 1. The van der Waals surface area contributed by atoms with Gasteiger partial charge in [-0.2, -0.15) is 8.78 Å². The van der Waals surface area contributed by atoms with Crippen LogP contribution < -0.4 is 14.8 Å². The lowest BCUT2D eigenvalue weighted by atomic mass is 10.2. The maximum atomic E-state index is 12.6. The molecule has 0 aromatic heterocycles. The zero-order chi connectivity index (χ0) is 24.0. The van der Waals surface area contributed by atoms with Gasteiger partial charge in [-0.15, -0.1) is 0 Å². The van der Waals surface area contributed by atoms with Crippen LogP contribution in [0.5, 0.6) is 11.5 Å². The second kappa shape index (κ2) is 11.0. The van der Waals surface area contributed by atoms with Gasteiger partial charge in [0.05, 0.1) is 4.91 Å². The minimum absolute atomic E-state index is 0.00603. The van der Waals surface area contributed by atoms with Gasteiger partial charge in [-0.3, -0.25) is 19.3 Å². The molecule has 1 heterocycles. The molecule has 0 bridgehead atoms. The maximum Gasteiger partial charge on any atom is 0.387 e. The fourth-order valence-corrected chi connectivity index (χ4v) is 3.84. The molecular weight excluding hydrogens is 454 g/mol. The number of rotatable bonds is 9. The average Bonchev–Trinajstić information content (AvgIpc) is 3.02. The third-order valence-corrected chi connectivity index (χ3v) is 5.49. The first-order valence-electron chi connectivity index (χ1n) is 10.0. The van der Waals surface area contributed by atoms with Gasteiger partial charge in [0.25, 0.3) is 17.1 Å². The predicted molar refractivity (Wildman–Crippen MR) is 120 cm³/mol. The Hall–Kier alpha value is -3.40. The van der Waals surface area contributed by atoms with Gasteiger partial charge in [0.15, 0.2) is 6.10 Å². The Balaban J connectivity index is 1.51. The van der Waals surface area contributed by atoms with Gasteiger partial charge in [-0.1, -0.05) is 24.3 Å². The molecule has 1 unspecified atom stereocenters. The van der Waals surface area contributed by atoms with Crippen LogP contribution in [0.2, 0.25) is 0 Å². The Labute approximate surface area is 193 Å². The third-order valence-electron chi connectivity index (χ3n) is 4.58. The van der Waals surface area contributed by atoms with Crippen molar-refractivity contribution in [1.29, 1.82) is 0 Å². The molecule has 33 heavy (non-hydrogen) atoms. The standard InChI is InChI=1S/C23H22F2N2O5S/c1-14-4-3-5-18(12-14)31-15(2)20(28)26-10-11-27-21(29)19(33-23(27)30)13-16-6-8-17(9-7-16)32-22(24)25/h3-9,12-13,15,22H,10-11H2,1-2H3,(H,26,28)/b19-13-. The molecule has 0 saturated carbocycles. The molecule has 10 heteroatoms. The molecule has 3 amide bonds. The van der Waals surface area contributed by atoms with E-state index in [4.69, 9.17) is 4.74 Å². The number of ether oxygens (including phenoxy) is 2. The van der Waals surface area contributed by atoms with Crippen molar-refractivity contribution in [2.45, 2.75) is 26.6 Å². The van der Waals surface area contributed by atoms with Gasteiger partial charge in [-0.25, -0.2) is 0 Å². The molecule has 0 radical (unpaired) electrons. The van der Waals surface area contributed by atoms with E-state index in [1.807, 2.05) is 25.1 Å². The topological polar surface area (TPSA) is 84.9 Å². The van der Waals surface area contributed by atoms with Crippen LogP contribution in [-0.4, -0.2) is 47.8 Å². The molecule has 2 aromatic carbocycles.